The predicted molar refractivity (Wildman–Crippen MR) is 83.8 cm³/mol. The van der Waals surface area contributed by atoms with E-state index >= 15 is 0 Å². The maximum absolute atomic E-state index is 3.48. The SMILES string of the molecule is Cc1cc(CNC(C)C)ccc1N1CCCCCC1. The van der Waals surface area contributed by atoms with Crippen LogP contribution in [-0.2, 0) is 6.54 Å². The summed E-state index contributed by atoms with van der Waals surface area (Å²) in [4.78, 5) is 2.57. The van der Waals surface area contributed by atoms with Crippen LogP contribution in [0.3, 0.4) is 0 Å². The number of anilines is 1. The molecule has 1 heterocycles. The third-order valence-corrected chi connectivity index (χ3v) is 3.92. The maximum Gasteiger partial charge on any atom is 0.0396 e. The summed E-state index contributed by atoms with van der Waals surface area (Å²) in [6.07, 6.45) is 5.48. The van der Waals surface area contributed by atoms with E-state index in [-0.39, 0.29) is 0 Å². The van der Waals surface area contributed by atoms with Gasteiger partial charge in [0.25, 0.3) is 0 Å². The Morgan fingerprint density at radius 3 is 2.37 bits per heavy atom. The Balaban J connectivity index is 2.05. The summed E-state index contributed by atoms with van der Waals surface area (Å²) in [6.45, 7) is 10.1. The van der Waals surface area contributed by atoms with Gasteiger partial charge in [0.1, 0.15) is 0 Å². The Morgan fingerprint density at radius 2 is 1.79 bits per heavy atom. The molecule has 0 aromatic heterocycles. The van der Waals surface area contributed by atoms with Crippen LogP contribution < -0.4 is 10.2 Å². The number of hydrogen-bond donors (Lipinski definition) is 1. The van der Waals surface area contributed by atoms with Gasteiger partial charge in [0.05, 0.1) is 0 Å². The Kier molecular flexibility index (Phi) is 5.26. The molecule has 0 atom stereocenters. The van der Waals surface area contributed by atoms with Crippen LogP contribution in [0.15, 0.2) is 18.2 Å². The van der Waals surface area contributed by atoms with Gasteiger partial charge in [-0.05, 0) is 37.0 Å². The molecule has 0 radical (unpaired) electrons. The molecule has 1 aliphatic heterocycles. The molecule has 2 heteroatoms. The van der Waals surface area contributed by atoms with Gasteiger partial charge in [-0.1, -0.05) is 38.8 Å². The fraction of sp³-hybridized carbons (Fsp3) is 0.647. The summed E-state index contributed by atoms with van der Waals surface area (Å²) >= 11 is 0. The highest BCUT2D eigenvalue weighted by Gasteiger charge is 2.12. The molecule has 1 saturated heterocycles. The molecule has 2 rings (SSSR count). The average molecular weight is 260 g/mol. The zero-order valence-corrected chi connectivity index (χ0v) is 12.7. The van der Waals surface area contributed by atoms with Crippen LogP contribution in [0.5, 0.6) is 0 Å². The lowest BCUT2D eigenvalue weighted by atomic mass is 10.1. The van der Waals surface area contributed by atoms with E-state index < -0.39 is 0 Å². The topological polar surface area (TPSA) is 15.3 Å². The lowest BCUT2D eigenvalue weighted by Gasteiger charge is -2.25. The molecule has 1 aromatic rings. The Morgan fingerprint density at radius 1 is 1.11 bits per heavy atom. The van der Waals surface area contributed by atoms with Gasteiger partial charge in [0.2, 0.25) is 0 Å². The smallest absolute Gasteiger partial charge is 0.0396 e. The molecule has 0 bridgehead atoms. The van der Waals surface area contributed by atoms with Crippen LogP contribution in [-0.4, -0.2) is 19.1 Å². The molecule has 2 nitrogen and oxygen atoms in total. The van der Waals surface area contributed by atoms with Gasteiger partial charge in [0.15, 0.2) is 0 Å². The maximum atomic E-state index is 3.48. The van der Waals surface area contributed by atoms with Crippen molar-refractivity contribution in [2.24, 2.45) is 0 Å². The molecule has 0 amide bonds. The summed E-state index contributed by atoms with van der Waals surface area (Å²) < 4.78 is 0. The lowest BCUT2D eigenvalue weighted by Crippen LogP contribution is -2.25. The van der Waals surface area contributed by atoms with Crippen molar-refractivity contribution in [2.75, 3.05) is 18.0 Å². The van der Waals surface area contributed by atoms with Gasteiger partial charge in [-0.3, -0.25) is 0 Å². The first kappa shape index (κ1) is 14.4. The molecule has 0 spiro atoms. The van der Waals surface area contributed by atoms with E-state index in [4.69, 9.17) is 0 Å². The minimum atomic E-state index is 0.547. The molecule has 0 unspecified atom stereocenters. The van der Waals surface area contributed by atoms with E-state index in [1.807, 2.05) is 0 Å². The fourth-order valence-corrected chi connectivity index (χ4v) is 2.82. The van der Waals surface area contributed by atoms with Crippen molar-refractivity contribution >= 4 is 5.69 Å². The third kappa shape index (κ3) is 4.24. The highest BCUT2D eigenvalue weighted by Crippen LogP contribution is 2.24. The number of nitrogens with one attached hydrogen (secondary N) is 1. The lowest BCUT2D eigenvalue weighted by molar-refractivity contribution is 0.588. The van der Waals surface area contributed by atoms with E-state index in [0.29, 0.717) is 6.04 Å². The normalized spacial score (nSPS) is 16.7. The quantitative estimate of drug-likeness (QED) is 0.884. The van der Waals surface area contributed by atoms with Crippen LogP contribution in [0.4, 0.5) is 5.69 Å². The molecule has 19 heavy (non-hydrogen) atoms. The van der Waals surface area contributed by atoms with E-state index in [1.165, 1.54) is 55.6 Å². The van der Waals surface area contributed by atoms with Crippen molar-refractivity contribution < 1.29 is 0 Å². The second kappa shape index (κ2) is 6.95. The first-order chi connectivity index (χ1) is 9.16. The van der Waals surface area contributed by atoms with Crippen LogP contribution in [0.1, 0.15) is 50.7 Å². The van der Waals surface area contributed by atoms with E-state index in [0.717, 1.165) is 6.54 Å². The van der Waals surface area contributed by atoms with E-state index in [1.54, 1.807) is 0 Å². The van der Waals surface area contributed by atoms with Crippen molar-refractivity contribution in [3.63, 3.8) is 0 Å². The molecule has 1 aromatic carbocycles. The van der Waals surface area contributed by atoms with Crippen LogP contribution in [0.25, 0.3) is 0 Å². The van der Waals surface area contributed by atoms with Crippen LogP contribution in [0.2, 0.25) is 0 Å². The van der Waals surface area contributed by atoms with Crippen LogP contribution >= 0.6 is 0 Å². The van der Waals surface area contributed by atoms with Crippen LogP contribution in [0, 0.1) is 6.92 Å². The Labute approximate surface area is 118 Å². The molecule has 0 aliphatic carbocycles. The number of aryl methyl sites for hydroxylation is 1. The summed E-state index contributed by atoms with van der Waals surface area (Å²) in [7, 11) is 0. The van der Waals surface area contributed by atoms with E-state index in [2.05, 4.69) is 49.2 Å². The van der Waals surface area contributed by atoms with Crippen molar-refractivity contribution in [1.82, 2.24) is 5.32 Å². The molecule has 0 saturated carbocycles. The first-order valence-electron chi connectivity index (χ1n) is 7.74. The Hall–Kier alpha value is -1.02. The second-order valence-corrected chi connectivity index (χ2v) is 6.06. The highest BCUT2D eigenvalue weighted by atomic mass is 15.1. The number of rotatable bonds is 4. The first-order valence-corrected chi connectivity index (χ1v) is 7.74. The van der Waals surface area contributed by atoms with E-state index in [9.17, 15) is 0 Å². The van der Waals surface area contributed by atoms with Crippen molar-refractivity contribution in [1.29, 1.82) is 0 Å². The van der Waals surface area contributed by atoms with Gasteiger partial charge < -0.3 is 10.2 Å². The number of hydrogen-bond acceptors (Lipinski definition) is 2. The predicted octanol–water partition coefficient (Wildman–Crippen LogP) is 3.87. The molecule has 1 fully saturated rings. The molecular weight excluding hydrogens is 232 g/mol. The monoisotopic (exact) mass is 260 g/mol. The molecule has 1 N–H and O–H groups in total. The summed E-state index contributed by atoms with van der Waals surface area (Å²) in [5.74, 6) is 0. The molecular formula is C17H28N2. The summed E-state index contributed by atoms with van der Waals surface area (Å²) in [5.41, 5.74) is 4.25. The molecule has 106 valence electrons. The zero-order chi connectivity index (χ0) is 13.7. The standard InChI is InChI=1S/C17H28N2/c1-14(2)18-13-16-8-9-17(15(3)12-16)19-10-6-4-5-7-11-19/h8-9,12,14,18H,4-7,10-11,13H2,1-3H3. The zero-order valence-electron chi connectivity index (χ0n) is 12.7. The van der Waals surface area contributed by atoms with Gasteiger partial charge in [0, 0.05) is 31.4 Å². The second-order valence-electron chi connectivity index (χ2n) is 6.06. The molecule has 1 aliphatic rings. The van der Waals surface area contributed by atoms with Gasteiger partial charge in [-0.25, -0.2) is 0 Å². The summed E-state index contributed by atoms with van der Waals surface area (Å²) in [5, 5.41) is 3.48. The van der Waals surface area contributed by atoms with Gasteiger partial charge in [-0.2, -0.15) is 0 Å². The highest BCUT2D eigenvalue weighted by molar-refractivity contribution is 5.54. The minimum absolute atomic E-state index is 0.547. The Bertz CT molecular complexity index is 390. The van der Waals surface area contributed by atoms with Crippen molar-refractivity contribution in [3.05, 3.63) is 29.3 Å². The number of nitrogens with zero attached hydrogens (tertiary/aromatic N) is 1. The third-order valence-electron chi connectivity index (χ3n) is 3.92. The van der Waals surface area contributed by atoms with Gasteiger partial charge in [-0.15, -0.1) is 0 Å². The fourth-order valence-electron chi connectivity index (χ4n) is 2.82. The average Bonchev–Trinajstić information content (AvgIpc) is 2.65. The minimum Gasteiger partial charge on any atom is -0.371 e. The largest absolute Gasteiger partial charge is 0.371 e. The van der Waals surface area contributed by atoms with Crippen molar-refractivity contribution in [2.45, 2.75) is 59.0 Å². The summed E-state index contributed by atoms with van der Waals surface area (Å²) in [6, 6.07) is 7.49. The van der Waals surface area contributed by atoms with Gasteiger partial charge >= 0.3 is 0 Å². The number of benzene rings is 1. The van der Waals surface area contributed by atoms with Crippen molar-refractivity contribution in [3.8, 4) is 0 Å².